The van der Waals surface area contributed by atoms with Gasteiger partial charge in [0.15, 0.2) is 0 Å². The van der Waals surface area contributed by atoms with Crippen molar-refractivity contribution < 1.29 is 14.7 Å². The van der Waals surface area contributed by atoms with Crippen molar-refractivity contribution in [2.45, 2.75) is 31.8 Å². The van der Waals surface area contributed by atoms with Gasteiger partial charge < -0.3 is 24.7 Å². The van der Waals surface area contributed by atoms with Crippen molar-refractivity contribution in [3.05, 3.63) is 12.4 Å². The molecular weight excluding hydrogens is 284 g/mol. The maximum Gasteiger partial charge on any atom is 0.326 e. The Balaban J connectivity index is 1.72. The number of nitrogens with zero attached hydrogens (tertiary/aromatic N) is 4. The molecule has 0 aromatic heterocycles. The fourth-order valence-electron chi connectivity index (χ4n) is 2.81. The zero-order valence-corrected chi connectivity index (χ0v) is 13.6. The minimum absolute atomic E-state index is 0.183. The van der Waals surface area contributed by atoms with E-state index in [-0.39, 0.29) is 5.91 Å². The van der Waals surface area contributed by atoms with Crippen LogP contribution in [0.4, 0.5) is 0 Å². The summed E-state index contributed by atoms with van der Waals surface area (Å²) in [5.74, 6) is -0.656. The van der Waals surface area contributed by atoms with Gasteiger partial charge in [0.05, 0.1) is 6.67 Å². The average molecular weight is 310 g/mol. The van der Waals surface area contributed by atoms with Gasteiger partial charge in [-0.2, -0.15) is 0 Å². The molecule has 124 valence electrons. The molecule has 0 aliphatic carbocycles. The Labute approximate surface area is 131 Å². The van der Waals surface area contributed by atoms with Crippen molar-refractivity contribution in [1.82, 2.24) is 19.6 Å². The summed E-state index contributed by atoms with van der Waals surface area (Å²) in [6.45, 7) is 4.46. The van der Waals surface area contributed by atoms with E-state index in [1.54, 1.807) is 18.0 Å². The number of amides is 1. The molecule has 0 radical (unpaired) electrons. The highest BCUT2D eigenvalue weighted by Crippen LogP contribution is 2.15. The zero-order valence-electron chi connectivity index (χ0n) is 13.6. The Morgan fingerprint density at radius 2 is 2.09 bits per heavy atom. The van der Waals surface area contributed by atoms with Crippen molar-refractivity contribution in [2.24, 2.45) is 0 Å². The number of likely N-dealkylation sites (N-methyl/N-ethyl adjacent to an activating group) is 1. The largest absolute Gasteiger partial charge is 0.480 e. The van der Waals surface area contributed by atoms with E-state index in [2.05, 4.69) is 4.90 Å². The van der Waals surface area contributed by atoms with Gasteiger partial charge in [-0.15, -0.1) is 0 Å². The third-order valence-corrected chi connectivity index (χ3v) is 4.53. The van der Waals surface area contributed by atoms with Gasteiger partial charge in [-0.25, -0.2) is 4.79 Å². The molecule has 1 N–H and O–H groups in total. The molecule has 2 aliphatic rings. The molecule has 1 amide bonds. The lowest BCUT2D eigenvalue weighted by Gasteiger charge is -2.25. The van der Waals surface area contributed by atoms with Gasteiger partial charge in [-0.1, -0.05) is 0 Å². The first-order valence-corrected chi connectivity index (χ1v) is 7.73. The van der Waals surface area contributed by atoms with Crippen LogP contribution in [-0.4, -0.2) is 89.1 Å². The van der Waals surface area contributed by atoms with Gasteiger partial charge in [-0.3, -0.25) is 4.79 Å². The van der Waals surface area contributed by atoms with Crippen LogP contribution in [0.3, 0.4) is 0 Å². The zero-order chi connectivity index (χ0) is 16.3. The quantitative estimate of drug-likeness (QED) is 0.748. The summed E-state index contributed by atoms with van der Waals surface area (Å²) in [6.07, 6.45) is 5.15. The predicted molar refractivity (Wildman–Crippen MR) is 82.9 cm³/mol. The van der Waals surface area contributed by atoms with Crippen molar-refractivity contribution in [1.29, 1.82) is 0 Å². The Bertz CT molecular complexity index is 452. The Morgan fingerprint density at radius 3 is 2.68 bits per heavy atom. The summed E-state index contributed by atoms with van der Waals surface area (Å²) in [5.41, 5.74) is 0. The van der Waals surface area contributed by atoms with Crippen molar-refractivity contribution in [3.8, 4) is 0 Å². The highest BCUT2D eigenvalue weighted by molar-refractivity contribution is 5.76. The van der Waals surface area contributed by atoms with Crippen LogP contribution in [0.2, 0.25) is 0 Å². The van der Waals surface area contributed by atoms with E-state index < -0.39 is 12.0 Å². The summed E-state index contributed by atoms with van der Waals surface area (Å²) in [6, 6.07) is -0.0843. The number of likely N-dealkylation sites (tertiary alicyclic amines) is 1. The number of aliphatic carboxylic acids is 1. The van der Waals surface area contributed by atoms with Crippen LogP contribution < -0.4 is 0 Å². The maximum absolute atomic E-state index is 12.2. The van der Waals surface area contributed by atoms with Crippen LogP contribution in [0.25, 0.3) is 0 Å². The van der Waals surface area contributed by atoms with E-state index >= 15 is 0 Å². The molecule has 7 nitrogen and oxygen atoms in total. The molecule has 1 fully saturated rings. The lowest BCUT2D eigenvalue weighted by Crippen LogP contribution is -2.39. The minimum atomic E-state index is -0.839. The van der Waals surface area contributed by atoms with Crippen LogP contribution in [0.1, 0.15) is 19.8 Å². The smallest absolute Gasteiger partial charge is 0.326 e. The number of carbonyl (C=O) groups is 2. The van der Waals surface area contributed by atoms with Crippen molar-refractivity contribution in [2.75, 3.05) is 40.4 Å². The summed E-state index contributed by atoms with van der Waals surface area (Å²) in [4.78, 5) is 31.0. The number of carbonyl (C=O) groups excluding carboxylic acids is 1. The molecule has 0 bridgehead atoms. The highest BCUT2D eigenvalue weighted by atomic mass is 16.4. The highest BCUT2D eigenvalue weighted by Gasteiger charge is 2.28. The molecule has 22 heavy (non-hydrogen) atoms. The van der Waals surface area contributed by atoms with Gasteiger partial charge in [0.2, 0.25) is 5.91 Å². The molecule has 0 saturated carbocycles. The normalized spacial score (nSPS) is 22.7. The summed E-state index contributed by atoms with van der Waals surface area (Å²) >= 11 is 0. The van der Waals surface area contributed by atoms with Gasteiger partial charge in [0.25, 0.3) is 0 Å². The first-order valence-electron chi connectivity index (χ1n) is 7.73. The third kappa shape index (κ3) is 3.91. The average Bonchev–Trinajstić information content (AvgIpc) is 3.13. The lowest BCUT2D eigenvalue weighted by atomic mass is 10.2. The fraction of sp³-hybridized carbons (Fsp3) is 0.733. The van der Waals surface area contributed by atoms with Crippen molar-refractivity contribution >= 4 is 11.9 Å². The van der Waals surface area contributed by atoms with Gasteiger partial charge >= 0.3 is 5.97 Å². The van der Waals surface area contributed by atoms with Gasteiger partial charge in [-0.05, 0) is 27.4 Å². The number of rotatable bonds is 6. The Hall–Kier alpha value is -1.76. The standard InChI is InChI=1S/C15H26N4O3/c1-12(15(21)22)19-9-8-17(11-19)6-5-14(20)18-7-4-13(10-18)16(2)3/h8-9,12-13H,4-7,10-11H2,1-3H3,(H,21,22)/t12-,13?/m0/s1. The van der Waals surface area contributed by atoms with E-state index in [9.17, 15) is 9.59 Å². The topological polar surface area (TPSA) is 67.3 Å². The molecular formula is C15H26N4O3. The molecule has 7 heteroatoms. The molecule has 0 aromatic rings. The number of carboxylic acids is 1. The van der Waals surface area contributed by atoms with E-state index in [1.165, 1.54) is 0 Å². The lowest BCUT2D eigenvalue weighted by molar-refractivity contribution is -0.142. The van der Waals surface area contributed by atoms with Crippen molar-refractivity contribution in [3.63, 3.8) is 0 Å². The fourth-order valence-corrected chi connectivity index (χ4v) is 2.81. The van der Waals surface area contributed by atoms with E-state index in [0.717, 1.165) is 19.5 Å². The first kappa shape index (κ1) is 16.6. The molecule has 0 spiro atoms. The van der Waals surface area contributed by atoms with Crippen LogP contribution >= 0.6 is 0 Å². The third-order valence-electron chi connectivity index (χ3n) is 4.53. The maximum atomic E-state index is 12.2. The summed E-state index contributed by atoms with van der Waals surface area (Å²) in [7, 11) is 4.09. The Kier molecular flexibility index (Phi) is 5.28. The second-order valence-electron chi connectivity index (χ2n) is 6.28. The number of hydrogen-bond donors (Lipinski definition) is 1. The Morgan fingerprint density at radius 1 is 1.36 bits per heavy atom. The van der Waals surface area contributed by atoms with Gasteiger partial charge in [0.1, 0.15) is 6.04 Å². The molecule has 2 atom stereocenters. The predicted octanol–water partition coefficient (Wildman–Crippen LogP) is 0.0584. The number of carboxylic acid groups (broad SMARTS) is 1. The minimum Gasteiger partial charge on any atom is -0.480 e. The second-order valence-corrected chi connectivity index (χ2v) is 6.28. The number of hydrogen-bond acceptors (Lipinski definition) is 5. The van der Waals surface area contributed by atoms with Crippen LogP contribution in [0.5, 0.6) is 0 Å². The second kappa shape index (κ2) is 7.00. The molecule has 1 saturated heterocycles. The summed E-state index contributed by atoms with van der Waals surface area (Å²) in [5, 5.41) is 9.00. The summed E-state index contributed by atoms with van der Waals surface area (Å²) < 4.78 is 0. The molecule has 2 rings (SSSR count). The monoisotopic (exact) mass is 310 g/mol. The van der Waals surface area contributed by atoms with Crippen LogP contribution in [0, 0.1) is 0 Å². The molecule has 2 aliphatic heterocycles. The van der Waals surface area contributed by atoms with E-state index in [4.69, 9.17) is 5.11 Å². The molecule has 2 heterocycles. The van der Waals surface area contributed by atoms with E-state index in [0.29, 0.717) is 25.7 Å². The SMILES string of the molecule is C[C@@H](C(=O)O)N1C=CN(CCC(=O)N2CCC(N(C)C)C2)C1. The molecule has 1 unspecified atom stereocenters. The first-order chi connectivity index (χ1) is 10.4. The van der Waals surface area contributed by atoms with Crippen LogP contribution in [-0.2, 0) is 9.59 Å². The van der Waals surface area contributed by atoms with Crippen LogP contribution in [0.15, 0.2) is 12.4 Å². The van der Waals surface area contributed by atoms with E-state index in [1.807, 2.05) is 30.1 Å². The van der Waals surface area contributed by atoms with Gasteiger partial charge in [0, 0.05) is 44.5 Å². The molecule has 0 aromatic carbocycles.